The Balaban J connectivity index is 1.81. The summed E-state index contributed by atoms with van der Waals surface area (Å²) in [7, 11) is 0. The summed E-state index contributed by atoms with van der Waals surface area (Å²) in [5.74, 6) is -0.941. The summed E-state index contributed by atoms with van der Waals surface area (Å²) in [6.07, 6.45) is 4.84. The second-order valence-corrected chi connectivity index (χ2v) is 5.33. The minimum atomic E-state index is -0.809. The highest BCUT2D eigenvalue weighted by Crippen LogP contribution is 2.17. The fourth-order valence-electron chi connectivity index (χ4n) is 1.75. The SMILES string of the molecule is O=C(O)CCCc1csc(NC(=O)Cc2ccncc2)n1. The van der Waals surface area contributed by atoms with Crippen molar-refractivity contribution < 1.29 is 14.7 Å². The highest BCUT2D eigenvalue weighted by atomic mass is 32.1. The molecule has 1 amide bonds. The number of pyridine rings is 1. The van der Waals surface area contributed by atoms with Gasteiger partial charge in [-0.05, 0) is 30.5 Å². The molecular weight excluding hydrogens is 290 g/mol. The fourth-order valence-corrected chi connectivity index (χ4v) is 2.51. The van der Waals surface area contributed by atoms with Crippen LogP contribution in [0.15, 0.2) is 29.9 Å². The second kappa shape index (κ2) is 7.49. The van der Waals surface area contributed by atoms with E-state index in [-0.39, 0.29) is 18.7 Å². The van der Waals surface area contributed by atoms with Crippen molar-refractivity contribution in [1.29, 1.82) is 0 Å². The Morgan fingerprint density at radius 3 is 2.76 bits per heavy atom. The molecule has 0 aliphatic heterocycles. The van der Waals surface area contributed by atoms with Gasteiger partial charge in [-0.1, -0.05) is 0 Å². The summed E-state index contributed by atoms with van der Waals surface area (Å²) < 4.78 is 0. The molecule has 0 spiro atoms. The summed E-state index contributed by atoms with van der Waals surface area (Å²) >= 11 is 1.34. The van der Waals surface area contributed by atoms with Gasteiger partial charge in [-0.2, -0.15) is 0 Å². The summed E-state index contributed by atoms with van der Waals surface area (Å²) in [4.78, 5) is 30.5. The number of aromatic nitrogens is 2. The molecule has 0 bridgehead atoms. The molecular formula is C14H15N3O3S. The molecule has 2 heterocycles. The Bertz CT molecular complexity index is 613. The van der Waals surface area contributed by atoms with Gasteiger partial charge in [0, 0.05) is 24.2 Å². The number of hydrogen-bond acceptors (Lipinski definition) is 5. The largest absolute Gasteiger partial charge is 0.481 e. The molecule has 0 aromatic carbocycles. The van der Waals surface area contributed by atoms with Gasteiger partial charge in [0.2, 0.25) is 5.91 Å². The van der Waals surface area contributed by atoms with Crippen molar-refractivity contribution in [2.45, 2.75) is 25.7 Å². The Hall–Kier alpha value is -2.28. The van der Waals surface area contributed by atoms with Crippen LogP contribution >= 0.6 is 11.3 Å². The predicted octanol–water partition coefficient (Wildman–Crippen LogP) is 2.13. The van der Waals surface area contributed by atoms with Crippen LogP contribution in [0.4, 0.5) is 5.13 Å². The molecule has 0 unspecified atom stereocenters. The minimum absolute atomic E-state index is 0.126. The van der Waals surface area contributed by atoms with Crippen LogP contribution in [-0.2, 0) is 22.4 Å². The predicted molar refractivity (Wildman–Crippen MR) is 79.3 cm³/mol. The number of thiazole rings is 1. The number of amides is 1. The number of anilines is 1. The molecule has 21 heavy (non-hydrogen) atoms. The lowest BCUT2D eigenvalue weighted by molar-refractivity contribution is -0.137. The molecule has 0 fully saturated rings. The normalized spacial score (nSPS) is 10.3. The Labute approximate surface area is 125 Å². The van der Waals surface area contributed by atoms with Crippen LogP contribution < -0.4 is 5.32 Å². The second-order valence-electron chi connectivity index (χ2n) is 4.47. The minimum Gasteiger partial charge on any atom is -0.481 e. The van der Waals surface area contributed by atoms with Crippen molar-refractivity contribution in [1.82, 2.24) is 9.97 Å². The zero-order chi connectivity index (χ0) is 15.1. The van der Waals surface area contributed by atoms with Crippen molar-refractivity contribution in [3.05, 3.63) is 41.2 Å². The molecule has 2 N–H and O–H groups in total. The first-order chi connectivity index (χ1) is 10.1. The maximum atomic E-state index is 11.9. The first kappa shape index (κ1) is 15.1. The average Bonchev–Trinajstić information content (AvgIpc) is 2.86. The van der Waals surface area contributed by atoms with E-state index in [9.17, 15) is 9.59 Å². The third kappa shape index (κ3) is 5.31. The molecule has 2 rings (SSSR count). The van der Waals surface area contributed by atoms with Gasteiger partial charge in [0.1, 0.15) is 0 Å². The molecule has 0 aliphatic carbocycles. The summed E-state index contributed by atoms with van der Waals surface area (Å²) in [5.41, 5.74) is 1.70. The molecule has 0 radical (unpaired) electrons. The monoisotopic (exact) mass is 305 g/mol. The Morgan fingerprint density at radius 1 is 1.29 bits per heavy atom. The van der Waals surface area contributed by atoms with Gasteiger partial charge in [-0.3, -0.25) is 14.6 Å². The quantitative estimate of drug-likeness (QED) is 0.817. The number of nitrogens with one attached hydrogen (secondary N) is 1. The van der Waals surface area contributed by atoms with Gasteiger partial charge in [-0.25, -0.2) is 4.98 Å². The maximum Gasteiger partial charge on any atom is 0.303 e. The molecule has 0 saturated heterocycles. The van der Waals surface area contributed by atoms with Gasteiger partial charge in [-0.15, -0.1) is 11.3 Å². The van der Waals surface area contributed by atoms with Crippen LogP contribution in [0.2, 0.25) is 0 Å². The molecule has 7 heteroatoms. The van der Waals surface area contributed by atoms with Crippen molar-refractivity contribution in [3.63, 3.8) is 0 Å². The number of carbonyl (C=O) groups excluding carboxylic acids is 1. The average molecular weight is 305 g/mol. The lowest BCUT2D eigenvalue weighted by atomic mass is 10.2. The van der Waals surface area contributed by atoms with E-state index in [1.165, 1.54) is 11.3 Å². The lowest BCUT2D eigenvalue weighted by Crippen LogP contribution is -2.14. The highest BCUT2D eigenvalue weighted by Gasteiger charge is 2.08. The van der Waals surface area contributed by atoms with E-state index >= 15 is 0 Å². The number of carboxylic acids is 1. The van der Waals surface area contributed by atoms with E-state index in [4.69, 9.17) is 5.11 Å². The molecule has 2 aromatic heterocycles. The van der Waals surface area contributed by atoms with Gasteiger partial charge in [0.25, 0.3) is 0 Å². The highest BCUT2D eigenvalue weighted by molar-refractivity contribution is 7.13. The van der Waals surface area contributed by atoms with E-state index in [0.29, 0.717) is 18.0 Å². The molecule has 0 saturated carbocycles. The number of nitrogens with zero attached hydrogens (tertiary/aromatic N) is 2. The smallest absolute Gasteiger partial charge is 0.303 e. The molecule has 6 nitrogen and oxygen atoms in total. The van der Waals surface area contributed by atoms with Crippen LogP contribution in [-0.4, -0.2) is 27.0 Å². The number of hydrogen-bond donors (Lipinski definition) is 2. The zero-order valence-corrected chi connectivity index (χ0v) is 12.1. The van der Waals surface area contributed by atoms with E-state index in [2.05, 4.69) is 15.3 Å². The standard InChI is InChI=1S/C14H15N3O3S/c18-12(8-10-4-6-15-7-5-10)17-14-16-11(9-21-14)2-1-3-13(19)20/h4-7,9H,1-3,8H2,(H,19,20)(H,16,17,18). The van der Waals surface area contributed by atoms with E-state index in [1.54, 1.807) is 24.5 Å². The summed E-state index contributed by atoms with van der Waals surface area (Å²) in [5, 5.41) is 13.7. The van der Waals surface area contributed by atoms with E-state index in [1.807, 2.05) is 5.38 Å². The van der Waals surface area contributed by atoms with Gasteiger partial charge in [0.15, 0.2) is 5.13 Å². The van der Waals surface area contributed by atoms with Crippen LogP contribution in [0.1, 0.15) is 24.1 Å². The van der Waals surface area contributed by atoms with E-state index < -0.39 is 5.97 Å². The summed E-state index contributed by atoms with van der Waals surface area (Å²) in [6, 6.07) is 3.58. The van der Waals surface area contributed by atoms with Gasteiger partial charge in [0.05, 0.1) is 12.1 Å². The van der Waals surface area contributed by atoms with Crippen LogP contribution in [0.3, 0.4) is 0 Å². The number of rotatable bonds is 7. The number of aliphatic carboxylic acids is 1. The van der Waals surface area contributed by atoms with Crippen LogP contribution in [0.25, 0.3) is 0 Å². The van der Waals surface area contributed by atoms with Crippen LogP contribution in [0.5, 0.6) is 0 Å². The Kier molecular flexibility index (Phi) is 5.39. The zero-order valence-electron chi connectivity index (χ0n) is 11.3. The lowest BCUT2D eigenvalue weighted by Gasteiger charge is -2.01. The van der Waals surface area contributed by atoms with Crippen molar-refractivity contribution in [2.75, 3.05) is 5.32 Å². The Morgan fingerprint density at radius 2 is 2.05 bits per heavy atom. The first-order valence-corrected chi connectivity index (χ1v) is 7.36. The first-order valence-electron chi connectivity index (χ1n) is 6.48. The molecule has 0 aliphatic rings. The molecule has 110 valence electrons. The third-order valence-electron chi connectivity index (χ3n) is 2.74. The number of carboxylic acid groups (broad SMARTS) is 1. The number of aryl methyl sites for hydroxylation is 1. The fraction of sp³-hybridized carbons (Fsp3) is 0.286. The summed E-state index contributed by atoms with van der Waals surface area (Å²) in [6.45, 7) is 0. The van der Waals surface area contributed by atoms with Gasteiger partial charge >= 0.3 is 5.97 Å². The van der Waals surface area contributed by atoms with E-state index in [0.717, 1.165) is 11.3 Å². The third-order valence-corrected chi connectivity index (χ3v) is 3.54. The van der Waals surface area contributed by atoms with Crippen molar-refractivity contribution in [3.8, 4) is 0 Å². The van der Waals surface area contributed by atoms with Crippen molar-refractivity contribution >= 4 is 28.3 Å². The van der Waals surface area contributed by atoms with Crippen LogP contribution in [0, 0.1) is 0 Å². The van der Waals surface area contributed by atoms with Gasteiger partial charge < -0.3 is 10.4 Å². The topological polar surface area (TPSA) is 92.2 Å². The number of carbonyl (C=O) groups is 2. The molecule has 2 aromatic rings. The van der Waals surface area contributed by atoms with Crippen molar-refractivity contribution in [2.24, 2.45) is 0 Å². The molecule has 0 atom stereocenters. The maximum absolute atomic E-state index is 11.9.